The Labute approximate surface area is 135 Å². The lowest BCUT2D eigenvalue weighted by molar-refractivity contribution is 0.0955. The van der Waals surface area contributed by atoms with Crippen LogP contribution >= 0.6 is 0 Å². The Hall–Kier alpha value is -2.89. The zero-order valence-electron chi connectivity index (χ0n) is 13.2. The first-order chi connectivity index (χ1) is 11.2. The molecule has 6 nitrogen and oxygen atoms in total. The summed E-state index contributed by atoms with van der Waals surface area (Å²) in [5.41, 5.74) is 3.76. The van der Waals surface area contributed by atoms with Crippen molar-refractivity contribution in [3.05, 3.63) is 53.9 Å². The van der Waals surface area contributed by atoms with Gasteiger partial charge in [0.25, 0.3) is 5.91 Å². The number of hydrazone groups is 1. The molecule has 1 amide bonds. The first kappa shape index (κ1) is 16.5. The average Bonchev–Trinajstić information content (AvgIpc) is 2.61. The molecule has 0 unspecified atom stereocenters. The predicted octanol–water partition coefficient (Wildman–Crippen LogP) is 2.64. The van der Waals surface area contributed by atoms with Crippen LogP contribution in [-0.4, -0.2) is 30.8 Å². The van der Waals surface area contributed by atoms with Gasteiger partial charge in [-0.3, -0.25) is 9.78 Å². The standard InChI is InChI=1S/C17H19N3O3/c1-3-10-23-15-5-4-13(11-16(15)22-2)12-19-20-17(21)14-6-8-18-9-7-14/h4-9,11-12H,3,10H2,1-2H3,(H,20,21)/b19-12+. The number of methoxy groups -OCH3 is 1. The normalized spacial score (nSPS) is 10.5. The molecule has 0 fully saturated rings. The number of pyridine rings is 1. The van der Waals surface area contributed by atoms with Gasteiger partial charge in [0.05, 0.1) is 19.9 Å². The van der Waals surface area contributed by atoms with E-state index in [1.54, 1.807) is 43.9 Å². The molecule has 120 valence electrons. The first-order valence-electron chi connectivity index (χ1n) is 7.29. The Bertz CT molecular complexity index is 672. The number of hydrogen-bond donors (Lipinski definition) is 1. The van der Waals surface area contributed by atoms with Crippen molar-refractivity contribution in [2.75, 3.05) is 13.7 Å². The molecular weight excluding hydrogens is 294 g/mol. The van der Waals surface area contributed by atoms with Crippen molar-refractivity contribution in [1.82, 2.24) is 10.4 Å². The number of carbonyl (C=O) groups excluding carboxylic acids is 1. The number of amides is 1. The molecule has 0 radical (unpaired) electrons. The number of carbonyl (C=O) groups is 1. The summed E-state index contributed by atoms with van der Waals surface area (Å²) < 4.78 is 10.9. The van der Waals surface area contributed by atoms with Gasteiger partial charge in [-0.25, -0.2) is 5.43 Å². The van der Waals surface area contributed by atoms with E-state index in [2.05, 4.69) is 15.5 Å². The fourth-order valence-electron chi connectivity index (χ4n) is 1.83. The zero-order valence-corrected chi connectivity index (χ0v) is 13.2. The highest BCUT2D eigenvalue weighted by atomic mass is 16.5. The Morgan fingerprint density at radius 1 is 1.26 bits per heavy atom. The molecule has 0 aliphatic rings. The maximum atomic E-state index is 11.8. The maximum absolute atomic E-state index is 11.8. The second kappa shape index (κ2) is 8.53. The molecule has 0 saturated carbocycles. The predicted molar refractivity (Wildman–Crippen MR) is 88.1 cm³/mol. The molecule has 0 spiro atoms. The smallest absolute Gasteiger partial charge is 0.271 e. The molecule has 1 aromatic heterocycles. The van der Waals surface area contributed by atoms with E-state index < -0.39 is 0 Å². The van der Waals surface area contributed by atoms with Gasteiger partial charge in [-0.05, 0) is 42.3 Å². The van der Waals surface area contributed by atoms with Crippen LogP contribution in [0.15, 0.2) is 47.8 Å². The van der Waals surface area contributed by atoms with Gasteiger partial charge in [0.2, 0.25) is 0 Å². The summed E-state index contributed by atoms with van der Waals surface area (Å²) in [6.07, 6.45) is 5.58. The van der Waals surface area contributed by atoms with Crippen molar-refractivity contribution in [2.24, 2.45) is 5.10 Å². The SMILES string of the molecule is CCCOc1ccc(/C=N/NC(=O)c2ccncc2)cc1OC. The Kier molecular flexibility index (Phi) is 6.11. The Morgan fingerprint density at radius 3 is 2.74 bits per heavy atom. The van der Waals surface area contributed by atoms with Crippen LogP contribution in [0, 0.1) is 0 Å². The number of nitrogens with one attached hydrogen (secondary N) is 1. The lowest BCUT2D eigenvalue weighted by Gasteiger charge is -2.10. The molecule has 1 N–H and O–H groups in total. The topological polar surface area (TPSA) is 72.8 Å². The Balaban J connectivity index is 2.00. The molecule has 0 saturated heterocycles. The number of ether oxygens (including phenoxy) is 2. The molecule has 1 heterocycles. The van der Waals surface area contributed by atoms with Crippen LogP contribution in [0.3, 0.4) is 0 Å². The highest BCUT2D eigenvalue weighted by Gasteiger charge is 2.05. The largest absolute Gasteiger partial charge is 0.493 e. The fourth-order valence-corrected chi connectivity index (χ4v) is 1.83. The summed E-state index contributed by atoms with van der Waals surface area (Å²) in [6.45, 7) is 2.67. The molecule has 23 heavy (non-hydrogen) atoms. The quantitative estimate of drug-likeness (QED) is 0.630. The molecule has 0 atom stereocenters. The molecule has 0 aliphatic carbocycles. The van der Waals surface area contributed by atoms with E-state index in [1.807, 2.05) is 19.1 Å². The minimum Gasteiger partial charge on any atom is -0.493 e. The summed E-state index contributed by atoms with van der Waals surface area (Å²) in [7, 11) is 1.58. The van der Waals surface area contributed by atoms with Crippen LogP contribution in [-0.2, 0) is 0 Å². The fraction of sp³-hybridized carbons (Fsp3) is 0.235. The van der Waals surface area contributed by atoms with E-state index in [1.165, 1.54) is 0 Å². The van der Waals surface area contributed by atoms with Crippen molar-refractivity contribution in [2.45, 2.75) is 13.3 Å². The van der Waals surface area contributed by atoms with E-state index in [0.717, 1.165) is 12.0 Å². The van der Waals surface area contributed by atoms with Crippen LogP contribution in [0.2, 0.25) is 0 Å². The molecule has 1 aromatic carbocycles. The van der Waals surface area contributed by atoms with E-state index in [4.69, 9.17) is 9.47 Å². The third-order valence-electron chi connectivity index (χ3n) is 2.97. The van der Waals surface area contributed by atoms with E-state index in [0.29, 0.717) is 23.7 Å². The zero-order chi connectivity index (χ0) is 16.5. The van der Waals surface area contributed by atoms with Gasteiger partial charge in [-0.1, -0.05) is 6.92 Å². The number of benzene rings is 1. The lowest BCUT2D eigenvalue weighted by atomic mass is 10.2. The second-order valence-electron chi connectivity index (χ2n) is 4.69. The van der Waals surface area contributed by atoms with Crippen molar-refractivity contribution >= 4 is 12.1 Å². The molecule has 2 rings (SSSR count). The molecule has 0 bridgehead atoms. The van der Waals surface area contributed by atoms with Gasteiger partial charge in [-0.15, -0.1) is 0 Å². The molecule has 6 heteroatoms. The lowest BCUT2D eigenvalue weighted by Crippen LogP contribution is -2.17. The highest BCUT2D eigenvalue weighted by Crippen LogP contribution is 2.27. The number of aromatic nitrogens is 1. The summed E-state index contributed by atoms with van der Waals surface area (Å²) in [4.78, 5) is 15.7. The average molecular weight is 313 g/mol. The van der Waals surface area contributed by atoms with Crippen molar-refractivity contribution in [3.8, 4) is 11.5 Å². The Morgan fingerprint density at radius 2 is 2.04 bits per heavy atom. The maximum Gasteiger partial charge on any atom is 0.271 e. The van der Waals surface area contributed by atoms with Crippen LogP contribution in [0.1, 0.15) is 29.3 Å². The van der Waals surface area contributed by atoms with Crippen LogP contribution in [0.5, 0.6) is 11.5 Å². The number of hydrogen-bond acceptors (Lipinski definition) is 5. The summed E-state index contributed by atoms with van der Waals surface area (Å²) in [5.74, 6) is 1.02. The van der Waals surface area contributed by atoms with Gasteiger partial charge in [0, 0.05) is 18.0 Å². The van der Waals surface area contributed by atoms with Crippen LogP contribution in [0.25, 0.3) is 0 Å². The second-order valence-corrected chi connectivity index (χ2v) is 4.69. The summed E-state index contributed by atoms with van der Waals surface area (Å²) in [5, 5.41) is 3.94. The third kappa shape index (κ3) is 4.81. The van der Waals surface area contributed by atoms with Gasteiger partial charge in [0.15, 0.2) is 11.5 Å². The minimum atomic E-state index is -0.293. The van der Waals surface area contributed by atoms with Gasteiger partial charge in [0.1, 0.15) is 0 Å². The number of rotatable bonds is 7. The van der Waals surface area contributed by atoms with Gasteiger partial charge < -0.3 is 9.47 Å². The monoisotopic (exact) mass is 313 g/mol. The van der Waals surface area contributed by atoms with E-state index in [-0.39, 0.29) is 5.91 Å². The van der Waals surface area contributed by atoms with Crippen molar-refractivity contribution < 1.29 is 14.3 Å². The third-order valence-corrected chi connectivity index (χ3v) is 2.97. The minimum absolute atomic E-state index is 0.293. The van der Waals surface area contributed by atoms with Crippen molar-refractivity contribution in [1.29, 1.82) is 0 Å². The van der Waals surface area contributed by atoms with E-state index in [9.17, 15) is 4.79 Å². The van der Waals surface area contributed by atoms with Crippen LogP contribution in [0.4, 0.5) is 0 Å². The number of nitrogens with zero attached hydrogens (tertiary/aromatic N) is 2. The van der Waals surface area contributed by atoms with Gasteiger partial charge in [-0.2, -0.15) is 5.10 Å². The molecule has 0 aliphatic heterocycles. The van der Waals surface area contributed by atoms with Crippen LogP contribution < -0.4 is 14.9 Å². The highest BCUT2D eigenvalue weighted by molar-refractivity contribution is 5.94. The molecule has 2 aromatic rings. The molecular formula is C17H19N3O3. The van der Waals surface area contributed by atoms with Crippen molar-refractivity contribution in [3.63, 3.8) is 0 Å². The first-order valence-corrected chi connectivity index (χ1v) is 7.29. The summed E-state index contributed by atoms with van der Waals surface area (Å²) in [6, 6.07) is 8.70. The van der Waals surface area contributed by atoms with Gasteiger partial charge >= 0.3 is 0 Å². The summed E-state index contributed by atoms with van der Waals surface area (Å²) >= 11 is 0. The van der Waals surface area contributed by atoms with E-state index >= 15 is 0 Å².